The van der Waals surface area contributed by atoms with E-state index >= 15 is 0 Å². The number of methoxy groups -OCH3 is 3. The number of aliphatic hydroxyl groups is 1. The summed E-state index contributed by atoms with van der Waals surface area (Å²) in [5.74, 6) is -5.32. The number of ether oxygens (including phenoxy) is 6. The van der Waals surface area contributed by atoms with Crippen LogP contribution in [0.3, 0.4) is 0 Å². The van der Waals surface area contributed by atoms with Crippen LogP contribution in [0.1, 0.15) is 61.2 Å². The number of nitrogens with one attached hydrogen (secondary N) is 2. The van der Waals surface area contributed by atoms with Gasteiger partial charge in [-0.2, -0.15) is 0 Å². The molecule has 22 nitrogen and oxygen atoms in total. The topological polar surface area (TPSA) is 334 Å². The molecule has 24 heteroatoms. The first-order valence-corrected chi connectivity index (χ1v) is 24.2. The number of halogens is 2. The van der Waals surface area contributed by atoms with E-state index in [1.807, 2.05) is 0 Å². The summed E-state index contributed by atoms with van der Waals surface area (Å²) in [6.45, 7) is 1.37. The molecule has 4 aliphatic rings. The van der Waals surface area contributed by atoms with Gasteiger partial charge in [0.05, 0.1) is 65.1 Å². The minimum absolute atomic E-state index is 0.00234. The lowest BCUT2D eigenvalue weighted by Gasteiger charge is -2.46. The highest BCUT2D eigenvalue weighted by Crippen LogP contribution is 2.60. The van der Waals surface area contributed by atoms with Gasteiger partial charge in [0.2, 0.25) is 22.5 Å². The molecule has 396 valence electrons. The number of Topliss-reactive ketones (excluding diaryl/α,β-unsaturated/α-hetero) is 2. The van der Waals surface area contributed by atoms with Gasteiger partial charge in [-0.1, -0.05) is 23.2 Å². The Balaban J connectivity index is 0.000000156. The number of aromatic nitrogens is 2. The molecule has 0 fully saturated rings. The first kappa shape index (κ1) is 49.8. The molecule has 0 unspecified atom stereocenters. The zero-order valence-electron chi connectivity index (χ0n) is 40.6. The lowest BCUT2D eigenvalue weighted by molar-refractivity contribution is -0.120. The standard InChI is InChI=1S/2C27H18ClNO10/c1-8-5-10-14(26(34)29-8)25(33)27(35)11(18(10)30)6-13-15-17(27)20(32)16-19(31)9-3-4-12(28)22(36-2)21(9)39-24(16)23(15)38-7-37-13;1-36-23-10-4-3-9-15(21(33)17-12(19(9)31)7-14(38-8-30)29-27(17)35)16(10)22(34)18-20(32)11-5-6-13(28)25(37-2)24(11)39-26(18)23/h3-5,11,13,32,35H,6-7H2,1-2H3,(H,29,34);5-8,31,33-34H,3-4H2,1-2H3,(H,29,35)/t11-,13-,27-;/m1./s1. The summed E-state index contributed by atoms with van der Waals surface area (Å²) in [6, 6.07) is 8.27. The van der Waals surface area contributed by atoms with Gasteiger partial charge in [0.1, 0.15) is 33.8 Å². The summed E-state index contributed by atoms with van der Waals surface area (Å²) in [5.41, 5.74) is -6.03. The van der Waals surface area contributed by atoms with E-state index in [4.69, 9.17) is 60.5 Å². The number of hydrogen-bond donors (Lipinski definition) is 7. The van der Waals surface area contributed by atoms with Gasteiger partial charge in [-0.15, -0.1) is 0 Å². The highest BCUT2D eigenvalue weighted by Gasteiger charge is 2.62. The molecule has 0 saturated heterocycles. The van der Waals surface area contributed by atoms with Gasteiger partial charge in [-0.3, -0.25) is 38.5 Å². The van der Waals surface area contributed by atoms with Crippen molar-refractivity contribution in [1.29, 1.82) is 0 Å². The van der Waals surface area contributed by atoms with Gasteiger partial charge in [-0.25, -0.2) is 0 Å². The molecule has 5 heterocycles. The van der Waals surface area contributed by atoms with Crippen molar-refractivity contribution < 1.29 is 77.2 Å². The molecule has 0 bridgehead atoms. The minimum atomic E-state index is -2.69. The molecule has 13 rings (SSSR count). The number of phenols is 4. The molecule has 78 heavy (non-hydrogen) atoms. The van der Waals surface area contributed by atoms with Crippen molar-refractivity contribution in [2.75, 3.05) is 28.1 Å². The van der Waals surface area contributed by atoms with Crippen LogP contribution in [0, 0.1) is 12.8 Å². The van der Waals surface area contributed by atoms with Crippen molar-refractivity contribution in [3.05, 3.63) is 127 Å². The fourth-order valence-corrected chi connectivity index (χ4v) is 12.0. The maximum absolute atomic E-state index is 13.9. The highest BCUT2D eigenvalue weighted by atomic mass is 35.5. The van der Waals surface area contributed by atoms with E-state index in [1.165, 1.54) is 57.7 Å². The van der Waals surface area contributed by atoms with Gasteiger partial charge in [0, 0.05) is 56.1 Å². The molecule has 4 aromatic heterocycles. The van der Waals surface area contributed by atoms with Gasteiger partial charge < -0.3 is 67.8 Å². The maximum atomic E-state index is 13.9. The van der Waals surface area contributed by atoms with Crippen LogP contribution < -0.4 is 45.7 Å². The molecule has 0 spiro atoms. The summed E-state index contributed by atoms with van der Waals surface area (Å²) in [4.78, 5) is 96.2. The third-order valence-corrected chi connectivity index (χ3v) is 15.4. The zero-order valence-corrected chi connectivity index (χ0v) is 42.2. The van der Waals surface area contributed by atoms with E-state index in [9.17, 15) is 59.1 Å². The predicted octanol–water partition coefficient (Wildman–Crippen LogP) is 6.88. The quantitative estimate of drug-likeness (QED) is 0.0524. The molecule has 5 aromatic carbocycles. The van der Waals surface area contributed by atoms with Crippen LogP contribution in [-0.2, 0) is 28.0 Å². The lowest BCUT2D eigenvalue weighted by atomic mass is 9.60. The van der Waals surface area contributed by atoms with E-state index in [1.54, 1.807) is 6.92 Å². The van der Waals surface area contributed by atoms with Gasteiger partial charge in [-0.05, 0) is 56.5 Å². The first-order valence-electron chi connectivity index (χ1n) is 23.4. The van der Waals surface area contributed by atoms with E-state index in [0.29, 0.717) is 11.3 Å². The number of rotatable bonds is 5. The number of aromatic amines is 2. The number of benzene rings is 5. The van der Waals surface area contributed by atoms with Crippen molar-refractivity contribution in [1.82, 2.24) is 9.97 Å². The molecule has 0 amide bonds. The van der Waals surface area contributed by atoms with Gasteiger partial charge >= 0.3 is 0 Å². The summed E-state index contributed by atoms with van der Waals surface area (Å²) < 4.78 is 44.6. The number of aryl methyl sites for hydroxylation is 1. The van der Waals surface area contributed by atoms with E-state index in [0.717, 1.165) is 0 Å². The average molecular weight is 1100 g/mol. The second-order valence-electron chi connectivity index (χ2n) is 18.6. The van der Waals surface area contributed by atoms with Crippen LogP contribution in [0.2, 0.25) is 10.0 Å². The van der Waals surface area contributed by atoms with Crippen molar-refractivity contribution in [3.63, 3.8) is 0 Å². The SMILES string of the molecule is COc1c(Cl)ccc2c(=O)c3c(O)c4c(c(OC)c3oc12)CCc1c-4c(O)c2c(=O)[nH]c(OC=O)cc2c1O.COc1c(Cl)ccc2c(=O)c3c(O)c4c5c(c3oc12)OCO[C@@H]5C[C@@H]1C(=O)c2cc(C)[nH]c(=O)c2C(=O)[C@]41O. The number of hydrogen-bond acceptors (Lipinski definition) is 20. The Morgan fingerprint density at radius 1 is 0.679 bits per heavy atom. The molecule has 0 radical (unpaired) electrons. The number of pyridine rings is 2. The number of ketones is 2. The number of phenolic OH excluding ortho intramolecular Hbond substituents is 4. The largest absolute Gasteiger partial charge is 0.507 e. The summed E-state index contributed by atoms with van der Waals surface area (Å²) in [5, 5.41) is 57.2. The second kappa shape index (κ2) is 17.5. The zero-order chi connectivity index (χ0) is 55.3. The molecule has 3 atom stereocenters. The minimum Gasteiger partial charge on any atom is -0.507 e. The monoisotopic (exact) mass is 1100 g/mol. The van der Waals surface area contributed by atoms with Crippen molar-refractivity contribution in [2.24, 2.45) is 5.92 Å². The number of carbonyl (C=O) groups excluding carboxylic acids is 3. The number of H-pyrrole nitrogens is 2. The molecule has 0 saturated carbocycles. The Morgan fingerprint density at radius 3 is 1.90 bits per heavy atom. The first-order chi connectivity index (χ1) is 37.3. The summed E-state index contributed by atoms with van der Waals surface area (Å²) in [7, 11) is 4.08. The Hall–Kier alpha value is -9.09. The van der Waals surface area contributed by atoms with Crippen LogP contribution in [0.5, 0.6) is 51.9 Å². The highest BCUT2D eigenvalue weighted by molar-refractivity contribution is 6.33. The van der Waals surface area contributed by atoms with Crippen LogP contribution >= 0.6 is 23.2 Å². The number of carbonyl (C=O) groups is 3. The van der Waals surface area contributed by atoms with E-state index < -0.39 is 79.5 Å². The van der Waals surface area contributed by atoms with Crippen LogP contribution in [0.4, 0.5) is 0 Å². The smallest absolute Gasteiger partial charge is 0.299 e. The van der Waals surface area contributed by atoms with E-state index in [-0.39, 0.29) is 160 Å². The fraction of sp³-hybridized carbons (Fsp3) is 0.204. The lowest BCUT2D eigenvalue weighted by Crippen LogP contribution is -2.56. The molecule has 9 aromatic rings. The van der Waals surface area contributed by atoms with E-state index in [2.05, 4.69) is 9.97 Å². The number of aromatic hydroxyl groups is 4. The van der Waals surface area contributed by atoms with Crippen molar-refractivity contribution in [2.45, 2.75) is 37.9 Å². The van der Waals surface area contributed by atoms with Gasteiger partial charge in [0.15, 0.2) is 63.5 Å². The third kappa shape index (κ3) is 6.53. The second-order valence-corrected chi connectivity index (χ2v) is 19.5. The predicted molar refractivity (Wildman–Crippen MR) is 276 cm³/mol. The molecular formula is C54H36Cl2N2O20. The molecule has 1 aliphatic heterocycles. The van der Waals surface area contributed by atoms with Crippen LogP contribution in [-0.4, -0.2) is 81.7 Å². The maximum Gasteiger partial charge on any atom is 0.299 e. The van der Waals surface area contributed by atoms with Gasteiger partial charge in [0.25, 0.3) is 17.6 Å². The van der Waals surface area contributed by atoms with Crippen molar-refractivity contribution in [3.8, 4) is 63.0 Å². The Morgan fingerprint density at radius 2 is 1.27 bits per heavy atom. The average Bonchev–Trinajstić information content (AvgIpc) is 2.57. The number of fused-ring (bicyclic) bond motifs is 12. The summed E-state index contributed by atoms with van der Waals surface area (Å²) >= 11 is 12.5. The Labute approximate surface area is 443 Å². The van der Waals surface area contributed by atoms with Crippen LogP contribution in [0.15, 0.2) is 64.4 Å². The fourth-order valence-electron chi connectivity index (χ4n) is 11.6. The molecular weight excluding hydrogens is 1070 g/mol. The Bertz CT molecular complexity index is 4560. The summed E-state index contributed by atoms with van der Waals surface area (Å²) in [6.07, 6.45) is -0.716. The molecule has 3 aliphatic carbocycles. The Kier molecular flexibility index (Phi) is 11.1. The third-order valence-electron chi connectivity index (χ3n) is 14.8. The normalized spacial score (nSPS) is 17.8. The van der Waals surface area contributed by atoms with Crippen molar-refractivity contribution >= 4 is 95.9 Å². The molecule has 7 N–H and O–H groups in total. The van der Waals surface area contributed by atoms with Crippen LogP contribution in [0.25, 0.3) is 65.8 Å².